The van der Waals surface area contributed by atoms with Crippen LogP contribution in [0.3, 0.4) is 0 Å². The predicted octanol–water partition coefficient (Wildman–Crippen LogP) is 1.83. The summed E-state index contributed by atoms with van der Waals surface area (Å²) in [6.07, 6.45) is 0.870. The minimum atomic E-state index is -0.0760. The highest BCUT2D eigenvalue weighted by Gasteiger charge is 2.27. The Hall–Kier alpha value is -0.260. The maximum absolute atomic E-state index is 8.85. The lowest BCUT2D eigenvalue weighted by atomic mass is 10.1. The molecule has 1 atom stereocenters. The molecule has 1 aliphatic heterocycles. The minimum absolute atomic E-state index is 0.0760. The molecule has 18 heavy (non-hydrogen) atoms. The van der Waals surface area contributed by atoms with E-state index in [0.29, 0.717) is 5.25 Å². The van der Waals surface area contributed by atoms with E-state index in [-0.39, 0.29) is 12.6 Å². The highest BCUT2D eigenvalue weighted by molar-refractivity contribution is 8.00. The summed E-state index contributed by atoms with van der Waals surface area (Å²) in [4.78, 5) is 3.65. The third-order valence-corrected chi connectivity index (χ3v) is 4.52. The van der Waals surface area contributed by atoms with E-state index in [9.17, 15) is 0 Å². The summed E-state index contributed by atoms with van der Waals surface area (Å²) in [7, 11) is 0. The fourth-order valence-corrected chi connectivity index (χ4v) is 3.30. The van der Waals surface area contributed by atoms with E-state index in [2.05, 4.69) is 17.0 Å². The van der Waals surface area contributed by atoms with Crippen LogP contribution < -0.4 is 5.73 Å². The largest absolute Gasteiger partial charge is 0.395 e. The summed E-state index contributed by atoms with van der Waals surface area (Å²) in [5, 5.41) is 10.3. The van der Waals surface area contributed by atoms with Gasteiger partial charge in [-0.2, -0.15) is 0 Å². The van der Waals surface area contributed by atoms with Gasteiger partial charge in [-0.15, -0.1) is 11.8 Å². The fourth-order valence-electron chi connectivity index (χ4n) is 1.92. The topological polar surface area (TPSA) is 49.5 Å². The summed E-state index contributed by atoms with van der Waals surface area (Å²) in [6, 6.07) is 7.92. The Morgan fingerprint density at radius 1 is 1.39 bits per heavy atom. The smallest absolute Gasteiger partial charge is 0.0583 e. The first kappa shape index (κ1) is 14.2. The molecule has 0 aromatic heterocycles. The number of likely N-dealkylation sites (tertiary alicyclic amines) is 1. The SMILES string of the molecule is NC(CO)CCN1CC(Sc2ccc(Cl)cc2)C1. The van der Waals surface area contributed by atoms with Gasteiger partial charge in [0.1, 0.15) is 0 Å². The van der Waals surface area contributed by atoms with Crippen LogP contribution in [0.1, 0.15) is 6.42 Å². The number of halogens is 1. The van der Waals surface area contributed by atoms with Crippen molar-refractivity contribution in [3.63, 3.8) is 0 Å². The van der Waals surface area contributed by atoms with Crippen LogP contribution in [-0.4, -0.2) is 47.5 Å². The minimum Gasteiger partial charge on any atom is -0.395 e. The van der Waals surface area contributed by atoms with E-state index in [0.717, 1.165) is 31.1 Å². The number of aliphatic hydroxyl groups is 1. The molecule has 1 fully saturated rings. The summed E-state index contributed by atoms with van der Waals surface area (Å²) >= 11 is 7.76. The summed E-state index contributed by atoms with van der Waals surface area (Å²) in [5.41, 5.74) is 5.68. The van der Waals surface area contributed by atoms with Crippen LogP contribution >= 0.6 is 23.4 Å². The summed E-state index contributed by atoms with van der Waals surface area (Å²) in [5.74, 6) is 0. The Labute approximate surface area is 117 Å². The first-order chi connectivity index (χ1) is 8.67. The lowest BCUT2D eigenvalue weighted by Gasteiger charge is -2.39. The molecule has 5 heteroatoms. The number of thioether (sulfide) groups is 1. The Morgan fingerprint density at radius 2 is 2.06 bits per heavy atom. The summed E-state index contributed by atoms with van der Waals surface area (Å²) < 4.78 is 0. The molecule has 1 saturated heterocycles. The van der Waals surface area contributed by atoms with Gasteiger partial charge in [-0.3, -0.25) is 0 Å². The molecule has 0 spiro atoms. The van der Waals surface area contributed by atoms with Crippen LogP contribution in [-0.2, 0) is 0 Å². The monoisotopic (exact) mass is 286 g/mol. The van der Waals surface area contributed by atoms with Crippen molar-refractivity contribution < 1.29 is 5.11 Å². The van der Waals surface area contributed by atoms with Gasteiger partial charge in [0.25, 0.3) is 0 Å². The molecule has 1 heterocycles. The number of hydrogen-bond acceptors (Lipinski definition) is 4. The zero-order valence-electron chi connectivity index (χ0n) is 10.3. The first-order valence-corrected chi connectivity index (χ1v) is 7.44. The van der Waals surface area contributed by atoms with Gasteiger partial charge in [-0.1, -0.05) is 11.6 Å². The van der Waals surface area contributed by atoms with Gasteiger partial charge in [-0.05, 0) is 37.2 Å². The zero-order chi connectivity index (χ0) is 13.0. The van der Waals surface area contributed by atoms with Crippen LogP contribution in [0.2, 0.25) is 5.02 Å². The third-order valence-electron chi connectivity index (χ3n) is 3.09. The number of rotatable bonds is 6. The van der Waals surface area contributed by atoms with Crippen molar-refractivity contribution in [2.24, 2.45) is 5.73 Å². The van der Waals surface area contributed by atoms with Crippen molar-refractivity contribution in [3.8, 4) is 0 Å². The number of benzene rings is 1. The van der Waals surface area contributed by atoms with Crippen molar-refractivity contribution in [2.75, 3.05) is 26.2 Å². The Morgan fingerprint density at radius 3 is 2.67 bits per heavy atom. The lowest BCUT2D eigenvalue weighted by Crippen LogP contribution is -2.50. The average molecular weight is 287 g/mol. The molecule has 0 radical (unpaired) electrons. The number of hydrogen-bond donors (Lipinski definition) is 2. The van der Waals surface area contributed by atoms with E-state index in [4.69, 9.17) is 22.4 Å². The second kappa shape index (κ2) is 6.78. The van der Waals surface area contributed by atoms with E-state index in [1.807, 2.05) is 23.9 Å². The molecular weight excluding hydrogens is 268 g/mol. The van der Waals surface area contributed by atoms with Gasteiger partial charge in [0.05, 0.1) is 6.61 Å². The van der Waals surface area contributed by atoms with E-state index >= 15 is 0 Å². The summed E-state index contributed by atoms with van der Waals surface area (Å²) in [6.45, 7) is 3.27. The second-order valence-corrected chi connectivity index (χ2v) is 6.49. The molecular formula is C13H19ClN2OS. The van der Waals surface area contributed by atoms with E-state index < -0.39 is 0 Å². The van der Waals surface area contributed by atoms with E-state index in [1.165, 1.54) is 4.90 Å². The molecule has 3 N–H and O–H groups in total. The molecule has 0 saturated carbocycles. The molecule has 1 aliphatic rings. The van der Waals surface area contributed by atoms with Gasteiger partial charge in [0.2, 0.25) is 0 Å². The molecule has 1 unspecified atom stereocenters. The van der Waals surface area contributed by atoms with Gasteiger partial charge >= 0.3 is 0 Å². The van der Waals surface area contributed by atoms with Crippen LogP contribution in [0.5, 0.6) is 0 Å². The van der Waals surface area contributed by atoms with Crippen molar-refractivity contribution in [2.45, 2.75) is 22.6 Å². The lowest BCUT2D eigenvalue weighted by molar-refractivity contribution is 0.172. The van der Waals surface area contributed by atoms with Crippen molar-refractivity contribution in [1.29, 1.82) is 0 Å². The standard InChI is InChI=1S/C13H19ClN2OS/c14-10-1-3-12(4-2-10)18-13-7-16(8-13)6-5-11(15)9-17/h1-4,11,13,17H,5-9,15H2. The Bertz CT molecular complexity index is 368. The predicted molar refractivity (Wildman–Crippen MR) is 77.2 cm³/mol. The molecule has 1 aromatic rings. The van der Waals surface area contributed by atoms with Crippen LogP contribution in [0, 0.1) is 0 Å². The Kier molecular flexibility index (Phi) is 5.33. The highest BCUT2D eigenvalue weighted by atomic mass is 35.5. The quantitative estimate of drug-likeness (QED) is 0.838. The van der Waals surface area contributed by atoms with Crippen LogP contribution in [0.15, 0.2) is 29.2 Å². The third kappa shape index (κ3) is 4.14. The zero-order valence-corrected chi connectivity index (χ0v) is 11.8. The molecule has 0 amide bonds. The molecule has 1 aromatic carbocycles. The first-order valence-electron chi connectivity index (χ1n) is 6.18. The highest BCUT2D eigenvalue weighted by Crippen LogP contribution is 2.30. The maximum Gasteiger partial charge on any atom is 0.0583 e. The number of aliphatic hydroxyl groups excluding tert-OH is 1. The fraction of sp³-hybridized carbons (Fsp3) is 0.538. The van der Waals surface area contributed by atoms with Crippen molar-refractivity contribution in [1.82, 2.24) is 4.90 Å². The van der Waals surface area contributed by atoms with Crippen LogP contribution in [0.4, 0.5) is 0 Å². The molecule has 100 valence electrons. The van der Waals surface area contributed by atoms with Gasteiger partial charge in [0, 0.05) is 34.3 Å². The normalized spacial score (nSPS) is 18.6. The van der Waals surface area contributed by atoms with Crippen LogP contribution in [0.25, 0.3) is 0 Å². The molecule has 0 bridgehead atoms. The molecule has 3 nitrogen and oxygen atoms in total. The maximum atomic E-state index is 8.85. The van der Waals surface area contributed by atoms with E-state index in [1.54, 1.807) is 0 Å². The molecule has 2 rings (SSSR count). The number of nitrogens with two attached hydrogens (primary N) is 1. The molecule has 0 aliphatic carbocycles. The second-order valence-electron chi connectivity index (χ2n) is 4.68. The van der Waals surface area contributed by atoms with Crippen molar-refractivity contribution >= 4 is 23.4 Å². The van der Waals surface area contributed by atoms with Gasteiger partial charge in [-0.25, -0.2) is 0 Å². The van der Waals surface area contributed by atoms with Crippen molar-refractivity contribution in [3.05, 3.63) is 29.3 Å². The van der Waals surface area contributed by atoms with Gasteiger partial charge < -0.3 is 15.7 Å². The van der Waals surface area contributed by atoms with Gasteiger partial charge in [0.15, 0.2) is 0 Å². The number of nitrogens with zero attached hydrogens (tertiary/aromatic N) is 1. The average Bonchev–Trinajstić information content (AvgIpc) is 2.33. The Balaban J connectivity index is 1.65.